The van der Waals surface area contributed by atoms with E-state index >= 15 is 0 Å². The number of nitrogens with zero attached hydrogens (tertiary/aromatic N) is 3. The Balaban J connectivity index is 3.20. The molecular formula is C4H3ClN4O2. The zero-order chi connectivity index (χ0) is 8.43. The topological polar surface area (TPSA) is 94.9 Å². The van der Waals surface area contributed by atoms with E-state index in [1.807, 2.05) is 0 Å². The highest BCUT2D eigenvalue weighted by Crippen LogP contribution is 2.19. The van der Waals surface area contributed by atoms with Crippen molar-refractivity contribution in [3.05, 3.63) is 21.5 Å². The average molecular weight is 175 g/mol. The van der Waals surface area contributed by atoms with Gasteiger partial charge in [-0.15, -0.1) is 0 Å². The molecule has 1 heterocycles. The standard InChI is InChI=1S/C4H3ClN4O2/c5-3-2(9(10)11)1-7-4(6)8-3/h1H,(H2,6,7,8). The third-order valence-electron chi connectivity index (χ3n) is 0.940. The van der Waals surface area contributed by atoms with Crippen molar-refractivity contribution in [3.63, 3.8) is 0 Å². The van der Waals surface area contributed by atoms with E-state index in [-0.39, 0.29) is 16.8 Å². The predicted octanol–water partition coefficient (Wildman–Crippen LogP) is 0.620. The Morgan fingerprint density at radius 1 is 1.73 bits per heavy atom. The molecule has 1 aromatic rings. The van der Waals surface area contributed by atoms with Crippen LogP contribution in [-0.4, -0.2) is 14.9 Å². The van der Waals surface area contributed by atoms with Gasteiger partial charge in [0.15, 0.2) is 0 Å². The quantitative estimate of drug-likeness (QED) is 0.383. The summed E-state index contributed by atoms with van der Waals surface area (Å²) in [5, 5.41) is 9.89. The van der Waals surface area contributed by atoms with Crippen LogP contribution in [0.3, 0.4) is 0 Å². The van der Waals surface area contributed by atoms with Crippen LogP contribution in [0.1, 0.15) is 0 Å². The summed E-state index contributed by atoms with van der Waals surface area (Å²) in [6.07, 6.45) is 0.963. The van der Waals surface area contributed by atoms with Gasteiger partial charge in [-0.3, -0.25) is 10.1 Å². The molecule has 0 bridgehead atoms. The Morgan fingerprint density at radius 2 is 2.36 bits per heavy atom. The third-order valence-corrected chi connectivity index (χ3v) is 1.22. The molecule has 7 heteroatoms. The number of aromatic nitrogens is 2. The van der Waals surface area contributed by atoms with Crippen LogP contribution in [0.5, 0.6) is 0 Å². The van der Waals surface area contributed by atoms with Gasteiger partial charge in [0.05, 0.1) is 4.92 Å². The van der Waals surface area contributed by atoms with Crippen molar-refractivity contribution in [2.24, 2.45) is 0 Å². The van der Waals surface area contributed by atoms with Crippen LogP contribution in [-0.2, 0) is 0 Å². The van der Waals surface area contributed by atoms with Crippen molar-refractivity contribution in [2.75, 3.05) is 5.73 Å². The zero-order valence-corrected chi connectivity index (χ0v) is 5.95. The number of rotatable bonds is 1. The Labute approximate surface area is 66.2 Å². The van der Waals surface area contributed by atoms with Crippen LogP contribution >= 0.6 is 11.6 Å². The number of halogens is 1. The molecule has 0 radical (unpaired) electrons. The van der Waals surface area contributed by atoms with Gasteiger partial charge in [-0.2, -0.15) is 4.98 Å². The second-order valence-corrected chi connectivity index (χ2v) is 2.02. The van der Waals surface area contributed by atoms with Gasteiger partial charge in [-0.05, 0) is 0 Å². The minimum absolute atomic E-state index is 0.0828. The van der Waals surface area contributed by atoms with Crippen LogP contribution in [0.15, 0.2) is 6.20 Å². The van der Waals surface area contributed by atoms with E-state index < -0.39 is 4.92 Å². The number of anilines is 1. The molecule has 0 atom stereocenters. The largest absolute Gasteiger partial charge is 0.368 e. The van der Waals surface area contributed by atoms with E-state index in [0.717, 1.165) is 6.20 Å². The van der Waals surface area contributed by atoms with Gasteiger partial charge in [0.2, 0.25) is 11.1 Å². The highest BCUT2D eigenvalue weighted by atomic mass is 35.5. The second kappa shape index (κ2) is 2.67. The van der Waals surface area contributed by atoms with E-state index in [2.05, 4.69) is 9.97 Å². The summed E-state index contributed by atoms with van der Waals surface area (Å²) in [6, 6.07) is 0. The van der Waals surface area contributed by atoms with Crippen molar-refractivity contribution in [1.29, 1.82) is 0 Å². The fourth-order valence-corrected chi connectivity index (χ4v) is 0.694. The Kier molecular flexibility index (Phi) is 1.86. The maximum Gasteiger partial charge on any atom is 0.324 e. The van der Waals surface area contributed by atoms with Gasteiger partial charge in [-0.25, -0.2) is 4.98 Å². The molecule has 11 heavy (non-hydrogen) atoms. The first-order chi connectivity index (χ1) is 5.11. The van der Waals surface area contributed by atoms with Gasteiger partial charge in [0, 0.05) is 0 Å². The summed E-state index contributed by atoms with van der Waals surface area (Å²) < 4.78 is 0. The van der Waals surface area contributed by atoms with Crippen LogP contribution in [0.25, 0.3) is 0 Å². The molecule has 0 amide bonds. The van der Waals surface area contributed by atoms with Crippen LogP contribution in [0.2, 0.25) is 5.15 Å². The Bertz CT molecular complexity index is 302. The molecule has 0 aliphatic heterocycles. The number of hydrogen-bond acceptors (Lipinski definition) is 5. The molecule has 0 spiro atoms. The molecule has 0 aliphatic carbocycles. The molecule has 0 fully saturated rings. The Morgan fingerprint density at radius 3 is 2.82 bits per heavy atom. The molecule has 58 valence electrons. The number of nitrogen functional groups attached to an aromatic ring is 1. The summed E-state index contributed by atoms with van der Waals surface area (Å²) in [5.41, 5.74) is 4.75. The second-order valence-electron chi connectivity index (χ2n) is 1.66. The van der Waals surface area contributed by atoms with Crippen molar-refractivity contribution in [2.45, 2.75) is 0 Å². The highest BCUT2D eigenvalue weighted by molar-refractivity contribution is 6.31. The number of nitrogens with two attached hydrogens (primary N) is 1. The molecule has 2 N–H and O–H groups in total. The Hall–Kier alpha value is -1.43. The summed E-state index contributed by atoms with van der Waals surface area (Å²) in [5.74, 6) is -0.0828. The number of nitro groups is 1. The lowest BCUT2D eigenvalue weighted by molar-refractivity contribution is -0.385. The van der Waals surface area contributed by atoms with Crippen molar-refractivity contribution in [1.82, 2.24) is 9.97 Å². The first-order valence-electron chi connectivity index (χ1n) is 2.53. The lowest BCUT2D eigenvalue weighted by Crippen LogP contribution is -1.98. The normalized spacial score (nSPS) is 9.55. The van der Waals surface area contributed by atoms with E-state index in [9.17, 15) is 10.1 Å². The van der Waals surface area contributed by atoms with Gasteiger partial charge in [0.25, 0.3) is 0 Å². The van der Waals surface area contributed by atoms with E-state index in [1.165, 1.54) is 0 Å². The first kappa shape index (κ1) is 7.67. The maximum absolute atomic E-state index is 10.1. The minimum Gasteiger partial charge on any atom is -0.368 e. The fraction of sp³-hybridized carbons (Fsp3) is 0. The van der Waals surface area contributed by atoms with Crippen LogP contribution in [0.4, 0.5) is 11.6 Å². The molecule has 0 unspecified atom stereocenters. The summed E-state index contributed by atoms with van der Waals surface area (Å²) >= 11 is 5.35. The summed E-state index contributed by atoms with van der Waals surface area (Å²) in [6.45, 7) is 0. The molecular weight excluding hydrogens is 172 g/mol. The SMILES string of the molecule is Nc1ncc([N+](=O)[O-])c(Cl)n1. The third kappa shape index (κ3) is 1.53. The number of hydrogen-bond donors (Lipinski definition) is 1. The maximum atomic E-state index is 10.1. The van der Waals surface area contributed by atoms with Gasteiger partial charge in [-0.1, -0.05) is 11.6 Å². The zero-order valence-electron chi connectivity index (χ0n) is 5.19. The average Bonchev–Trinajstić information content (AvgIpc) is 1.85. The van der Waals surface area contributed by atoms with Gasteiger partial charge < -0.3 is 5.73 Å². The lowest BCUT2D eigenvalue weighted by Gasteiger charge is -1.93. The smallest absolute Gasteiger partial charge is 0.324 e. The van der Waals surface area contributed by atoms with Crippen molar-refractivity contribution in [3.8, 4) is 0 Å². The van der Waals surface area contributed by atoms with Gasteiger partial charge >= 0.3 is 5.69 Å². The lowest BCUT2D eigenvalue weighted by atomic mass is 10.5. The van der Waals surface area contributed by atoms with Crippen LogP contribution < -0.4 is 5.73 Å². The molecule has 1 aromatic heterocycles. The monoisotopic (exact) mass is 174 g/mol. The van der Waals surface area contributed by atoms with Gasteiger partial charge in [0.1, 0.15) is 6.20 Å². The molecule has 0 saturated heterocycles. The van der Waals surface area contributed by atoms with E-state index in [1.54, 1.807) is 0 Å². The molecule has 0 aromatic carbocycles. The van der Waals surface area contributed by atoms with E-state index in [4.69, 9.17) is 17.3 Å². The predicted molar refractivity (Wildman–Crippen MR) is 38.1 cm³/mol. The van der Waals surface area contributed by atoms with E-state index in [0.29, 0.717) is 0 Å². The first-order valence-corrected chi connectivity index (χ1v) is 2.91. The fourth-order valence-electron chi connectivity index (χ4n) is 0.490. The van der Waals surface area contributed by atoms with Crippen molar-refractivity contribution < 1.29 is 4.92 Å². The van der Waals surface area contributed by atoms with Crippen molar-refractivity contribution >= 4 is 23.2 Å². The molecule has 0 saturated carbocycles. The molecule has 1 rings (SSSR count). The summed E-state index contributed by atoms with van der Waals surface area (Å²) in [4.78, 5) is 16.2. The minimum atomic E-state index is -0.679. The summed E-state index contributed by atoms with van der Waals surface area (Å²) in [7, 11) is 0. The highest BCUT2D eigenvalue weighted by Gasteiger charge is 2.13. The molecule has 0 aliphatic rings. The molecule has 6 nitrogen and oxygen atoms in total. The van der Waals surface area contributed by atoms with Crippen LogP contribution in [0, 0.1) is 10.1 Å².